The Morgan fingerprint density at radius 3 is 2.48 bits per heavy atom. The number of benzene rings is 2. The minimum Gasteiger partial charge on any atom is -0.493 e. The number of carbonyl (C=O) groups excluding carboxylic acids is 1. The first-order valence-electron chi connectivity index (χ1n) is 7.62. The number of methoxy groups -OCH3 is 1. The summed E-state index contributed by atoms with van der Waals surface area (Å²) in [7, 11) is 1.37. The molecule has 4 nitrogen and oxygen atoms in total. The molecule has 2 aromatic carbocycles. The number of rotatable bonds is 7. The van der Waals surface area contributed by atoms with Gasteiger partial charge in [-0.15, -0.1) is 0 Å². The van der Waals surface area contributed by atoms with Gasteiger partial charge in [-0.1, -0.05) is 23.2 Å². The first kappa shape index (κ1) is 19.9. The number of nitrogens with one attached hydrogen (secondary N) is 1. The van der Waals surface area contributed by atoms with Crippen LogP contribution in [0.5, 0.6) is 5.75 Å². The van der Waals surface area contributed by atoms with E-state index in [9.17, 15) is 4.79 Å². The summed E-state index contributed by atoms with van der Waals surface area (Å²) in [5.74, 6) is 0.251. The number of hydrogen-bond acceptors (Lipinski definition) is 4. The highest BCUT2D eigenvalue weighted by Crippen LogP contribution is 2.29. The van der Waals surface area contributed by atoms with Crippen LogP contribution in [-0.2, 0) is 4.74 Å². The molecular formula is C18H18BrCl2NO3. The molecule has 0 aromatic heterocycles. The zero-order valence-electron chi connectivity index (χ0n) is 13.9. The van der Waals surface area contributed by atoms with E-state index in [1.54, 1.807) is 24.3 Å². The zero-order valence-corrected chi connectivity index (χ0v) is 17.0. The van der Waals surface area contributed by atoms with Crippen molar-refractivity contribution >= 4 is 50.8 Å². The fraction of sp³-hybridized carbons (Fsp3) is 0.278. The Morgan fingerprint density at radius 2 is 1.84 bits per heavy atom. The molecule has 0 heterocycles. The molecule has 0 saturated heterocycles. The average molecular weight is 447 g/mol. The summed E-state index contributed by atoms with van der Waals surface area (Å²) in [6.07, 6.45) is 0.727. The van der Waals surface area contributed by atoms with Gasteiger partial charge in [-0.3, -0.25) is 0 Å². The van der Waals surface area contributed by atoms with Crippen LogP contribution in [-0.4, -0.2) is 26.2 Å². The van der Waals surface area contributed by atoms with Crippen LogP contribution in [0, 0.1) is 6.92 Å². The van der Waals surface area contributed by atoms with Gasteiger partial charge in [0, 0.05) is 21.1 Å². The molecule has 7 heteroatoms. The minimum absolute atomic E-state index is 0.378. The highest BCUT2D eigenvalue weighted by molar-refractivity contribution is 9.10. The molecule has 0 unspecified atom stereocenters. The fourth-order valence-corrected chi connectivity index (χ4v) is 3.50. The molecule has 2 rings (SSSR count). The first-order valence-corrected chi connectivity index (χ1v) is 9.17. The van der Waals surface area contributed by atoms with Crippen molar-refractivity contribution in [2.75, 3.05) is 25.6 Å². The summed E-state index contributed by atoms with van der Waals surface area (Å²) >= 11 is 15.4. The molecule has 0 aliphatic rings. The van der Waals surface area contributed by atoms with Gasteiger partial charge in [0.05, 0.1) is 25.0 Å². The van der Waals surface area contributed by atoms with Gasteiger partial charge < -0.3 is 14.8 Å². The molecule has 25 heavy (non-hydrogen) atoms. The molecule has 0 bridgehead atoms. The molecule has 0 spiro atoms. The maximum Gasteiger partial charge on any atom is 0.340 e. The smallest absolute Gasteiger partial charge is 0.340 e. The Hall–Kier alpha value is -1.43. The van der Waals surface area contributed by atoms with Crippen molar-refractivity contribution in [3.05, 3.63) is 56.0 Å². The molecule has 2 aromatic rings. The van der Waals surface area contributed by atoms with Crippen molar-refractivity contribution in [1.29, 1.82) is 0 Å². The Labute approximate surface area is 165 Å². The number of halogens is 3. The zero-order chi connectivity index (χ0) is 18.4. The van der Waals surface area contributed by atoms with E-state index in [0.717, 1.165) is 16.5 Å². The van der Waals surface area contributed by atoms with Crippen LogP contribution in [0.3, 0.4) is 0 Å². The van der Waals surface area contributed by atoms with Crippen molar-refractivity contribution in [2.45, 2.75) is 13.3 Å². The van der Waals surface area contributed by atoms with Gasteiger partial charge >= 0.3 is 5.97 Å². The standard InChI is InChI=1S/C18H18BrCl2NO3/c1-11-6-15(18(23)24-2)17(16(19)7-11)22-4-3-5-25-14-9-12(20)8-13(21)10-14/h6-10,22H,3-5H2,1-2H3. The van der Waals surface area contributed by atoms with Crippen LogP contribution in [0.1, 0.15) is 22.3 Å². The topological polar surface area (TPSA) is 47.6 Å². The first-order chi connectivity index (χ1) is 11.9. The van der Waals surface area contributed by atoms with E-state index in [0.29, 0.717) is 40.2 Å². The second kappa shape index (κ2) is 9.32. The Kier molecular flexibility index (Phi) is 7.41. The SMILES string of the molecule is COC(=O)c1cc(C)cc(Br)c1NCCCOc1cc(Cl)cc(Cl)c1. The number of hydrogen-bond donors (Lipinski definition) is 1. The van der Waals surface area contributed by atoms with Gasteiger partial charge in [0.1, 0.15) is 5.75 Å². The van der Waals surface area contributed by atoms with Crippen molar-refractivity contribution < 1.29 is 14.3 Å². The number of aryl methyl sites for hydroxylation is 1. The predicted octanol–water partition coefficient (Wildman–Crippen LogP) is 5.73. The van der Waals surface area contributed by atoms with Crippen LogP contribution < -0.4 is 10.1 Å². The average Bonchev–Trinajstić information content (AvgIpc) is 2.54. The highest BCUT2D eigenvalue weighted by atomic mass is 79.9. The van der Waals surface area contributed by atoms with Crippen LogP contribution in [0.25, 0.3) is 0 Å². The van der Waals surface area contributed by atoms with Crippen LogP contribution in [0.4, 0.5) is 5.69 Å². The van der Waals surface area contributed by atoms with Gasteiger partial charge in [0.25, 0.3) is 0 Å². The summed E-state index contributed by atoms with van der Waals surface area (Å²) < 4.78 is 11.3. The normalized spacial score (nSPS) is 10.4. The maximum absolute atomic E-state index is 11.9. The van der Waals surface area contributed by atoms with E-state index in [1.807, 2.05) is 13.0 Å². The molecule has 0 saturated carbocycles. The van der Waals surface area contributed by atoms with Crippen molar-refractivity contribution in [3.8, 4) is 5.75 Å². The summed E-state index contributed by atoms with van der Waals surface area (Å²) in [6, 6.07) is 8.82. The summed E-state index contributed by atoms with van der Waals surface area (Å²) in [4.78, 5) is 11.9. The molecule has 0 amide bonds. The lowest BCUT2D eigenvalue weighted by Gasteiger charge is -2.14. The molecule has 0 aliphatic carbocycles. The lowest BCUT2D eigenvalue weighted by atomic mass is 10.1. The molecule has 134 valence electrons. The van der Waals surface area contributed by atoms with E-state index in [1.165, 1.54) is 7.11 Å². The lowest BCUT2D eigenvalue weighted by molar-refractivity contribution is 0.0601. The third kappa shape index (κ3) is 5.80. The van der Waals surface area contributed by atoms with Gasteiger partial charge in [-0.2, -0.15) is 0 Å². The van der Waals surface area contributed by atoms with Gasteiger partial charge in [-0.05, 0) is 65.2 Å². The number of anilines is 1. The van der Waals surface area contributed by atoms with Crippen LogP contribution in [0.15, 0.2) is 34.8 Å². The van der Waals surface area contributed by atoms with Crippen LogP contribution >= 0.6 is 39.1 Å². The van der Waals surface area contributed by atoms with E-state index in [2.05, 4.69) is 21.2 Å². The van der Waals surface area contributed by atoms with Crippen molar-refractivity contribution in [2.24, 2.45) is 0 Å². The van der Waals surface area contributed by atoms with Crippen molar-refractivity contribution in [3.63, 3.8) is 0 Å². The van der Waals surface area contributed by atoms with Crippen molar-refractivity contribution in [1.82, 2.24) is 0 Å². The fourth-order valence-electron chi connectivity index (χ4n) is 2.28. The second-order valence-electron chi connectivity index (χ2n) is 5.39. The van der Waals surface area contributed by atoms with Gasteiger partial charge in [0.2, 0.25) is 0 Å². The molecule has 0 aliphatic heterocycles. The molecule has 1 N–H and O–H groups in total. The third-order valence-corrected chi connectivity index (χ3v) is 4.43. The van der Waals surface area contributed by atoms with Crippen LogP contribution in [0.2, 0.25) is 10.0 Å². The van der Waals surface area contributed by atoms with E-state index < -0.39 is 0 Å². The molecular weight excluding hydrogens is 429 g/mol. The Balaban J connectivity index is 1.92. The van der Waals surface area contributed by atoms with Gasteiger partial charge in [-0.25, -0.2) is 4.79 Å². The van der Waals surface area contributed by atoms with E-state index >= 15 is 0 Å². The summed E-state index contributed by atoms with van der Waals surface area (Å²) in [5, 5.41) is 4.32. The number of esters is 1. The predicted molar refractivity (Wildman–Crippen MR) is 105 cm³/mol. The van der Waals surface area contributed by atoms with E-state index in [4.69, 9.17) is 32.7 Å². The van der Waals surface area contributed by atoms with Gasteiger partial charge in [0.15, 0.2) is 0 Å². The molecule has 0 fully saturated rings. The molecule has 0 radical (unpaired) electrons. The number of carbonyl (C=O) groups is 1. The minimum atomic E-state index is -0.378. The molecule has 0 atom stereocenters. The summed E-state index contributed by atoms with van der Waals surface area (Å²) in [6.45, 7) is 3.03. The Morgan fingerprint density at radius 1 is 1.16 bits per heavy atom. The van der Waals surface area contributed by atoms with E-state index in [-0.39, 0.29) is 5.97 Å². The number of ether oxygens (including phenoxy) is 2. The highest BCUT2D eigenvalue weighted by Gasteiger charge is 2.15. The maximum atomic E-state index is 11.9. The Bertz CT molecular complexity index is 748. The summed E-state index contributed by atoms with van der Waals surface area (Å²) in [5.41, 5.74) is 2.18. The largest absolute Gasteiger partial charge is 0.493 e. The lowest BCUT2D eigenvalue weighted by Crippen LogP contribution is -2.12. The monoisotopic (exact) mass is 445 g/mol. The third-order valence-electron chi connectivity index (χ3n) is 3.37. The quantitative estimate of drug-likeness (QED) is 0.435. The second-order valence-corrected chi connectivity index (χ2v) is 7.12.